The van der Waals surface area contributed by atoms with Gasteiger partial charge in [0.25, 0.3) is 0 Å². The van der Waals surface area contributed by atoms with Crippen LogP contribution in [0.2, 0.25) is 0 Å². The van der Waals surface area contributed by atoms with Crippen LogP contribution in [0.1, 0.15) is 12.8 Å². The minimum atomic E-state index is -0.915. The molecule has 0 aromatic heterocycles. The lowest BCUT2D eigenvalue weighted by Crippen LogP contribution is -2.34. The highest BCUT2D eigenvalue weighted by Crippen LogP contribution is 2.27. The van der Waals surface area contributed by atoms with Crippen LogP contribution in [0.3, 0.4) is 0 Å². The van der Waals surface area contributed by atoms with Gasteiger partial charge in [0.1, 0.15) is 6.10 Å². The Kier molecular flexibility index (Phi) is 3.76. The Morgan fingerprint density at radius 2 is 1.94 bits per heavy atom. The van der Waals surface area contributed by atoms with Crippen LogP contribution in [-0.2, 0) is 0 Å². The summed E-state index contributed by atoms with van der Waals surface area (Å²) in [6.45, 7) is 1.70. The van der Waals surface area contributed by atoms with Crippen LogP contribution in [-0.4, -0.2) is 19.2 Å². The molecule has 1 aliphatic rings. The molecule has 0 amide bonds. The third kappa shape index (κ3) is 2.71. The number of rotatable bonds is 2. The summed E-state index contributed by atoms with van der Waals surface area (Å²) in [6.07, 6.45) is 1.59. The van der Waals surface area contributed by atoms with Crippen LogP contribution in [0.4, 0.5) is 8.78 Å². The first-order valence-corrected chi connectivity index (χ1v) is 5.98. The van der Waals surface area contributed by atoms with E-state index >= 15 is 0 Å². The molecule has 0 aliphatic carbocycles. The van der Waals surface area contributed by atoms with Crippen LogP contribution in [0, 0.1) is 11.6 Å². The Hall–Kier alpha value is -0.680. The molecule has 16 heavy (non-hydrogen) atoms. The second-order valence-corrected chi connectivity index (χ2v) is 4.68. The molecule has 1 fully saturated rings. The minimum absolute atomic E-state index is 0.0150. The molecule has 1 saturated heterocycles. The average Bonchev–Trinajstić information content (AvgIpc) is 2.27. The van der Waals surface area contributed by atoms with Gasteiger partial charge in [0.2, 0.25) is 5.82 Å². The lowest BCUT2D eigenvalue weighted by atomic mass is 10.1. The molecule has 0 unspecified atom stereocenters. The smallest absolute Gasteiger partial charge is 0.200 e. The standard InChI is InChI=1S/C11H12BrF2NO/c12-7-5-9(13)11(14)10(6-7)16-8-1-3-15-4-2-8/h5-6,8,15H,1-4H2. The van der Waals surface area contributed by atoms with E-state index in [2.05, 4.69) is 21.2 Å². The van der Waals surface area contributed by atoms with Crippen molar-refractivity contribution in [2.45, 2.75) is 18.9 Å². The fraction of sp³-hybridized carbons (Fsp3) is 0.455. The zero-order chi connectivity index (χ0) is 11.5. The summed E-state index contributed by atoms with van der Waals surface area (Å²) >= 11 is 3.11. The van der Waals surface area contributed by atoms with Crippen molar-refractivity contribution in [2.75, 3.05) is 13.1 Å². The van der Waals surface area contributed by atoms with Gasteiger partial charge in [-0.2, -0.15) is 4.39 Å². The fourth-order valence-corrected chi connectivity index (χ4v) is 2.12. The van der Waals surface area contributed by atoms with Crippen LogP contribution < -0.4 is 10.1 Å². The van der Waals surface area contributed by atoms with E-state index in [9.17, 15) is 8.78 Å². The van der Waals surface area contributed by atoms with Gasteiger partial charge in [-0.05, 0) is 38.1 Å². The Morgan fingerprint density at radius 3 is 2.62 bits per heavy atom. The molecule has 1 heterocycles. The van der Waals surface area contributed by atoms with Gasteiger partial charge >= 0.3 is 0 Å². The highest BCUT2D eigenvalue weighted by molar-refractivity contribution is 9.10. The Bertz CT molecular complexity index is 380. The summed E-state index contributed by atoms with van der Waals surface area (Å²) in [5.74, 6) is -1.82. The number of halogens is 3. The van der Waals surface area contributed by atoms with E-state index in [1.54, 1.807) is 0 Å². The number of nitrogens with one attached hydrogen (secondary N) is 1. The third-order valence-corrected chi connectivity index (χ3v) is 3.00. The van der Waals surface area contributed by atoms with Crippen molar-refractivity contribution in [3.05, 3.63) is 28.2 Å². The van der Waals surface area contributed by atoms with Crippen molar-refractivity contribution in [1.29, 1.82) is 0 Å². The maximum Gasteiger partial charge on any atom is 0.200 e. The van der Waals surface area contributed by atoms with Gasteiger partial charge in [0, 0.05) is 4.47 Å². The van der Waals surface area contributed by atoms with Crippen LogP contribution in [0.5, 0.6) is 5.75 Å². The Balaban J connectivity index is 2.13. The lowest BCUT2D eigenvalue weighted by Gasteiger charge is -2.24. The molecule has 2 nitrogen and oxygen atoms in total. The van der Waals surface area contributed by atoms with Gasteiger partial charge in [-0.1, -0.05) is 15.9 Å². The molecule has 2 rings (SSSR count). The molecule has 88 valence electrons. The Morgan fingerprint density at radius 1 is 1.25 bits per heavy atom. The summed E-state index contributed by atoms with van der Waals surface area (Å²) in [4.78, 5) is 0. The van der Waals surface area contributed by atoms with Crippen molar-refractivity contribution in [3.8, 4) is 5.75 Å². The largest absolute Gasteiger partial charge is 0.487 e. The molecular weight excluding hydrogens is 280 g/mol. The Labute approximate surface area is 101 Å². The van der Waals surface area contributed by atoms with E-state index in [0.717, 1.165) is 32.0 Å². The van der Waals surface area contributed by atoms with E-state index in [0.29, 0.717) is 4.47 Å². The molecule has 0 radical (unpaired) electrons. The molecule has 1 N–H and O–H groups in total. The van der Waals surface area contributed by atoms with Gasteiger partial charge in [0.05, 0.1) is 0 Å². The van der Waals surface area contributed by atoms with E-state index < -0.39 is 11.6 Å². The van der Waals surface area contributed by atoms with E-state index in [4.69, 9.17) is 4.74 Å². The number of hydrogen-bond donors (Lipinski definition) is 1. The third-order valence-electron chi connectivity index (χ3n) is 2.54. The first-order valence-electron chi connectivity index (χ1n) is 5.19. The highest BCUT2D eigenvalue weighted by atomic mass is 79.9. The van der Waals surface area contributed by atoms with E-state index in [1.165, 1.54) is 6.07 Å². The van der Waals surface area contributed by atoms with Crippen molar-refractivity contribution >= 4 is 15.9 Å². The molecule has 1 aliphatic heterocycles. The molecule has 0 atom stereocenters. The SMILES string of the molecule is Fc1cc(Br)cc(OC2CCNCC2)c1F. The van der Waals surface area contributed by atoms with Crippen molar-refractivity contribution in [2.24, 2.45) is 0 Å². The molecule has 0 bridgehead atoms. The molecular formula is C11H12BrF2NO. The summed E-state index contributed by atoms with van der Waals surface area (Å²) in [5, 5.41) is 3.18. The topological polar surface area (TPSA) is 21.3 Å². The quantitative estimate of drug-likeness (QED) is 0.846. The van der Waals surface area contributed by atoms with Crippen molar-refractivity contribution in [1.82, 2.24) is 5.32 Å². The minimum Gasteiger partial charge on any atom is -0.487 e. The van der Waals surface area contributed by atoms with E-state index in [-0.39, 0.29) is 11.9 Å². The molecule has 1 aromatic carbocycles. The zero-order valence-electron chi connectivity index (χ0n) is 8.60. The number of ether oxygens (including phenoxy) is 1. The summed E-state index contributed by atoms with van der Waals surface area (Å²) in [5.41, 5.74) is 0. The summed E-state index contributed by atoms with van der Waals surface area (Å²) in [7, 11) is 0. The van der Waals surface area contributed by atoms with E-state index in [1.807, 2.05) is 0 Å². The molecule has 1 aromatic rings. The fourth-order valence-electron chi connectivity index (χ4n) is 1.71. The van der Waals surface area contributed by atoms with Gasteiger partial charge in [-0.15, -0.1) is 0 Å². The zero-order valence-corrected chi connectivity index (χ0v) is 10.2. The van der Waals surface area contributed by atoms with Gasteiger partial charge in [0.15, 0.2) is 11.6 Å². The maximum atomic E-state index is 13.4. The summed E-state index contributed by atoms with van der Waals surface area (Å²) in [6, 6.07) is 2.55. The molecule has 0 spiro atoms. The summed E-state index contributed by atoms with van der Waals surface area (Å²) < 4.78 is 32.4. The lowest BCUT2D eigenvalue weighted by molar-refractivity contribution is 0.154. The normalized spacial score (nSPS) is 17.4. The van der Waals surface area contributed by atoms with Crippen LogP contribution in [0.15, 0.2) is 16.6 Å². The van der Waals surface area contributed by atoms with Gasteiger partial charge in [-0.25, -0.2) is 4.39 Å². The first kappa shape index (κ1) is 11.8. The predicted octanol–water partition coefficient (Wildman–Crippen LogP) is 2.86. The number of benzene rings is 1. The van der Waals surface area contributed by atoms with Crippen molar-refractivity contribution < 1.29 is 13.5 Å². The number of hydrogen-bond acceptors (Lipinski definition) is 2. The first-order chi connectivity index (χ1) is 7.66. The van der Waals surface area contributed by atoms with Crippen molar-refractivity contribution in [3.63, 3.8) is 0 Å². The second-order valence-electron chi connectivity index (χ2n) is 3.77. The van der Waals surface area contributed by atoms with Gasteiger partial charge in [-0.3, -0.25) is 0 Å². The maximum absolute atomic E-state index is 13.4. The number of piperidine rings is 1. The average molecular weight is 292 g/mol. The second kappa shape index (κ2) is 5.10. The highest BCUT2D eigenvalue weighted by Gasteiger charge is 2.18. The van der Waals surface area contributed by atoms with Crippen LogP contribution in [0.25, 0.3) is 0 Å². The van der Waals surface area contributed by atoms with Gasteiger partial charge < -0.3 is 10.1 Å². The molecule has 5 heteroatoms. The van der Waals surface area contributed by atoms with Crippen LogP contribution >= 0.6 is 15.9 Å². The predicted molar refractivity (Wildman–Crippen MR) is 60.6 cm³/mol. The molecule has 0 saturated carbocycles. The monoisotopic (exact) mass is 291 g/mol.